The molecule has 0 saturated heterocycles. The lowest BCUT2D eigenvalue weighted by molar-refractivity contribution is 0.623. The molecule has 0 atom stereocenters. The predicted molar refractivity (Wildman–Crippen MR) is 133 cm³/mol. The summed E-state index contributed by atoms with van der Waals surface area (Å²) in [5.74, 6) is -0.128. The van der Waals surface area contributed by atoms with Crippen LogP contribution in [-0.4, -0.2) is 4.98 Å². The van der Waals surface area contributed by atoms with Gasteiger partial charge in [0.2, 0.25) is 0 Å². The summed E-state index contributed by atoms with van der Waals surface area (Å²) >= 11 is 0. The molecule has 0 aliphatic heterocycles. The fourth-order valence-corrected chi connectivity index (χ4v) is 4.67. The largest absolute Gasteiger partial charge is 0.265 e. The first-order valence-electron chi connectivity index (χ1n) is 10.9. The highest BCUT2D eigenvalue weighted by Crippen LogP contribution is 2.31. The maximum atomic E-state index is 14.6. The minimum Gasteiger partial charge on any atom is -0.265 e. The summed E-state index contributed by atoms with van der Waals surface area (Å²) in [5.41, 5.74) is 7.09. The molecule has 0 radical (unpaired) electrons. The Kier molecular flexibility index (Phi) is 6.82. The molecule has 6 rings (SSSR count). The summed E-state index contributed by atoms with van der Waals surface area (Å²) in [4.78, 5) is 3.78. The van der Waals surface area contributed by atoms with Crippen molar-refractivity contribution in [1.29, 1.82) is 0 Å². The summed E-state index contributed by atoms with van der Waals surface area (Å²) in [6, 6.07) is 26.0. The van der Waals surface area contributed by atoms with Crippen LogP contribution in [0, 0.1) is 5.82 Å². The van der Waals surface area contributed by atoms with E-state index in [4.69, 9.17) is 0 Å². The molecule has 0 saturated carbocycles. The van der Waals surface area contributed by atoms with Crippen LogP contribution in [0.25, 0.3) is 22.8 Å². The molecule has 3 aromatic carbocycles. The minimum atomic E-state index is -0.128. The molecule has 0 spiro atoms. The van der Waals surface area contributed by atoms with Crippen LogP contribution in [-0.2, 0) is 12.8 Å². The fraction of sp³-hybridized carbons (Fsp3) is 0.138. The summed E-state index contributed by atoms with van der Waals surface area (Å²) in [6.07, 6.45) is 10.1. The van der Waals surface area contributed by atoms with Crippen LogP contribution in [0.5, 0.6) is 0 Å². The van der Waals surface area contributed by atoms with Gasteiger partial charge in [0.05, 0.1) is 0 Å². The molecule has 1 nitrogen and oxygen atoms in total. The number of hydrogen-bond acceptors (Lipinski definition) is 1. The normalized spacial score (nSPS) is 13.2. The van der Waals surface area contributed by atoms with E-state index in [1.807, 2.05) is 30.3 Å². The summed E-state index contributed by atoms with van der Waals surface area (Å²) in [6.45, 7) is 0. The highest BCUT2D eigenvalue weighted by atomic mass is 35.5. The summed E-state index contributed by atoms with van der Waals surface area (Å²) < 4.78 is 14.6. The third-order valence-corrected chi connectivity index (χ3v) is 6.08. The Hall–Kier alpha value is -3.23. The molecule has 0 N–H and O–H groups in total. The zero-order chi connectivity index (χ0) is 21.0. The first kappa shape index (κ1) is 22.0. The monoisotopic (exact) mass is 441 g/mol. The second kappa shape index (κ2) is 9.93. The Balaban J connectivity index is 0.000000306. The van der Waals surface area contributed by atoms with E-state index in [9.17, 15) is 4.39 Å². The standard InChI is InChI=1S/C24H19F.C5H5N.ClH/c25-23-12-6-5-11-20(23)22-15-17-8-2-3-9-18(17)21-14-13-16-7-1-4-10-19(16)24(21)22;1-2-4-6-5-3-1;/h2-3,5-6,8-14H,1,4,7,15H2;1-5H;1H. The average molecular weight is 442 g/mol. The highest BCUT2D eigenvalue weighted by Gasteiger charge is 2.21. The second-order valence-corrected chi connectivity index (χ2v) is 7.97. The zero-order valence-electron chi connectivity index (χ0n) is 17.8. The van der Waals surface area contributed by atoms with Crippen molar-refractivity contribution in [3.63, 3.8) is 0 Å². The molecular formula is C29H25ClFN. The number of pyridine rings is 1. The van der Waals surface area contributed by atoms with E-state index in [1.165, 1.54) is 39.1 Å². The Morgan fingerprint density at radius 2 is 1.44 bits per heavy atom. The Morgan fingerprint density at radius 1 is 0.688 bits per heavy atom. The molecular weight excluding hydrogens is 417 g/mol. The molecule has 0 amide bonds. The third-order valence-electron chi connectivity index (χ3n) is 6.08. The number of hydrogen-bond donors (Lipinski definition) is 0. The van der Waals surface area contributed by atoms with Crippen molar-refractivity contribution in [2.24, 2.45) is 0 Å². The minimum absolute atomic E-state index is 0. The van der Waals surface area contributed by atoms with Crippen LogP contribution < -0.4 is 10.4 Å². The molecule has 2 aliphatic rings. The summed E-state index contributed by atoms with van der Waals surface area (Å²) in [7, 11) is 0. The molecule has 2 aliphatic carbocycles. The molecule has 3 heteroatoms. The van der Waals surface area contributed by atoms with Crippen molar-refractivity contribution in [3.8, 4) is 11.1 Å². The number of aromatic nitrogens is 1. The fourth-order valence-electron chi connectivity index (χ4n) is 4.67. The molecule has 160 valence electrons. The second-order valence-electron chi connectivity index (χ2n) is 7.97. The molecule has 4 aromatic rings. The van der Waals surface area contributed by atoms with Gasteiger partial charge in [-0.05, 0) is 82.1 Å². The first-order valence-corrected chi connectivity index (χ1v) is 10.9. The topological polar surface area (TPSA) is 12.9 Å². The van der Waals surface area contributed by atoms with E-state index in [1.54, 1.807) is 24.5 Å². The van der Waals surface area contributed by atoms with Crippen LogP contribution >= 0.6 is 12.4 Å². The van der Waals surface area contributed by atoms with E-state index < -0.39 is 0 Å². The number of halogens is 2. The van der Waals surface area contributed by atoms with Crippen LogP contribution in [0.15, 0.2) is 91.3 Å². The van der Waals surface area contributed by atoms with Crippen LogP contribution in [0.2, 0.25) is 0 Å². The Morgan fingerprint density at radius 3 is 2.16 bits per heavy atom. The van der Waals surface area contributed by atoms with Gasteiger partial charge in [0.1, 0.15) is 5.82 Å². The first-order chi connectivity index (χ1) is 15.3. The van der Waals surface area contributed by atoms with E-state index in [0.717, 1.165) is 30.4 Å². The SMILES string of the molecule is Cl.Fc1ccccc1C1=c2c(ccc3c2=CCCC3)-c2ccccc2C1.c1ccncc1. The lowest BCUT2D eigenvalue weighted by Crippen LogP contribution is -2.36. The number of aryl methyl sites for hydroxylation is 1. The van der Waals surface area contributed by atoms with Gasteiger partial charge in [-0.15, -0.1) is 12.4 Å². The van der Waals surface area contributed by atoms with Gasteiger partial charge in [-0.1, -0.05) is 66.7 Å². The van der Waals surface area contributed by atoms with Gasteiger partial charge in [-0.3, -0.25) is 4.98 Å². The van der Waals surface area contributed by atoms with E-state index in [0.29, 0.717) is 0 Å². The van der Waals surface area contributed by atoms with Gasteiger partial charge in [-0.2, -0.15) is 0 Å². The third kappa shape index (κ3) is 4.24. The van der Waals surface area contributed by atoms with Crippen molar-refractivity contribution in [2.45, 2.75) is 25.7 Å². The lowest BCUT2D eigenvalue weighted by Gasteiger charge is -2.23. The van der Waals surface area contributed by atoms with E-state index >= 15 is 0 Å². The quantitative estimate of drug-likeness (QED) is 0.360. The number of nitrogens with zero attached hydrogens (tertiary/aromatic N) is 1. The molecule has 0 bridgehead atoms. The van der Waals surface area contributed by atoms with Gasteiger partial charge in [0.25, 0.3) is 0 Å². The molecule has 0 fully saturated rings. The molecule has 1 heterocycles. The van der Waals surface area contributed by atoms with Crippen molar-refractivity contribution >= 4 is 24.1 Å². The van der Waals surface area contributed by atoms with Crippen molar-refractivity contribution in [2.75, 3.05) is 0 Å². The Bertz CT molecular complexity index is 1320. The molecule has 1 aromatic heterocycles. The van der Waals surface area contributed by atoms with Crippen molar-refractivity contribution in [3.05, 3.63) is 124 Å². The summed E-state index contributed by atoms with van der Waals surface area (Å²) in [5, 5.41) is 2.58. The van der Waals surface area contributed by atoms with Crippen LogP contribution in [0.4, 0.5) is 4.39 Å². The van der Waals surface area contributed by atoms with E-state index in [-0.39, 0.29) is 18.2 Å². The lowest BCUT2D eigenvalue weighted by atomic mass is 9.81. The highest BCUT2D eigenvalue weighted by molar-refractivity contribution is 5.85. The van der Waals surface area contributed by atoms with Crippen LogP contribution in [0.1, 0.15) is 29.5 Å². The van der Waals surface area contributed by atoms with Gasteiger partial charge in [0, 0.05) is 18.0 Å². The number of benzene rings is 3. The van der Waals surface area contributed by atoms with Crippen molar-refractivity contribution < 1.29 is 4.39 Å². The van der Waals surface area contributed by atoms with Crippen LogP contribution in [0.3, 0.4) is 0 Å². The predicted octanol–water partition coefficient (Wildman–Crippen LogP) is 5.87. The van der Waals surface area contributed by atoms with Crippen molar-refractivity contribution in [1.82, 2.24) is 4.98 Å². The number of fused-ring (bicyclic) bond motifs is 5. The van der Waals surface area contributed by atoms with Gasteiger partial charge >= 0.3 is 0 Å². The maximum absolute atomic E-state index is 14.6. The smallest absolute Gasteiger partial charge is 0.130 e. The average Bonchev–Trinajstić information content (AvgIpc) is 2.85. The van der Waals surface area contributed by atoms with E-state index in [2.05, 4.69) is 47.5 Å². The van der Waals surface area contributed by atoms with Gasteiger partial charge < -0.3 is 0 Å². The van der Waals surface area contributed by atoms with Gasteiger partial charge in [-0.25, -0.2) is 4.39 Å². The van der Waals surface area contributed by atoms with Gasteiger partial charge in [0.15, 0.2) is 0 Å². The maximum Gasteiger partial charge on any atom is 0.130 e. The zero-order valence-corrected chi connectivity index (χ0v) is 18.6. The molecule has 32 heavy (non-hydrogen) atoms. The molecule has 0 unspecified atom stereocenters. The number of rotatable bonds is 1. The Labute approximate surface area is 194 Å².